The highest BCUT2D eigenvalue weighted by Crippen LogP contribution is 2.26. The summed E-state index contributed by atoms with van der Waals surface area (Å²) in [4.78, 5) is 14.5. The van der Waals surface area contributed by atoms with Crippen LogP contribution in [0.2, 0.25) is 0 Å². The van der Waals surface area contributed by atoms with Gasteiger partial charge in [0.05, 0.1) is 24.6 Å². The molecule has 0 saturated carbocycles. The molecule has 1 fully saturated rings. The number of morpholine rings is 1. The minimum atomic E-state index is -0.405. The first-order valence-electron chi connectivity index (χ1n) is 8.88. The number of hydrogen-bond donors (Lipinski definition) is 2. The highest BCUT2D eigenvalue weighted by molar-refractivity contribution is 5.97. The number of hydrogen-bond acceptors (Lipinski definition) is 5. The molecule has 27 heavy (non-hydrogen) atoms. The van der Waals surface area contributed by atoms with Crippen molar-refractivity contribution in [2.24, 2.45) is 0 Å². The fraction of sp³-hybridized carbons (Fsp3) is 0.238. The molecule has 1 amide bonds. The Morgan fingerprint density at radius 3 is 2.56 bits per heavy atom. The average Bonchev–Trinajstić information content (AvgIpc) is 2.74. The smallest absolute Gasteiger partial charge is 0.263 e. The van der Waals surface area contributed by atoms with Gasteiger partial charge in [-0.15, -0.1) is 0 Å². The zero-order valence-corrected chi connectivity index (χ0v) is 15.0. The SMILES string of the molecule is N#C/C(=C/Nc1ccccc1N1CCOCC1)C(=O)NCc1ccccc1. The van der Waals surface area contributed by atoms with E-state index in [1.807, 2.05) is 60.7 Å². The van der Waals surface area contributed by atoms with Gasteiger partial charge in [-0.3, -0.25) is 4.79 Å². The van der Waals surface area contributed by atoms with E-state index in [-0.39, 0.29) is 5.57 Å². The van der Waals surface area contributed by atoms with Crippen molar-refractivity contribution in [2.45, 2.75) is 6.54 Å². The number of rotatable bonds is 6. The van der Waals surface area contributed by atoms with Gasteiger partial charge in [0.2, 0.25) is 0 Å². The van der Waals surface area contributed by atoms with E-state index >= 15 is 0 Å². The molecule has 2 N–H and O–H groups in total. The van der Waals surface area contributed by atoms with E-state index in [1.165, 1.54) is 6.20 Å². The Morgan fingerprint density at radius 1 is 1.11 bits per heavy atom. The highest BCUT2D eigenvalue weighted by Gasteiger charge is 2.14. The third-order valence-electron chi connectivity index (χ3n) is 4.29. The summed E-state index contributed by atoms with van der Waals surface area (Å²) in [7, 11) is 0. The zero-order chi connectivity index (χ0) is 18.9. The fourth-order valence-electron chi connectivity index (χ4n) is 2.85. The van der Waals surface area contributed by atoms with Crippen LogP contribution in [0.1, 0.15) is 5.56 Å². The van der Waals surface area contributed by atoms with Gasteiger partial charge in [-0.1, -0.05) is 42.5 Å². The first kappa shape index (κ1) is 18.5. The van der Waals surface area contributed by atoms with Gasteiger partial charge in [0.15, 0.2) is 0 Å². The van der Waals surface area contributed by atoms with Gasteiger partial charge < -0.3 is 20.3 Å². The molecule has 3 rings (SSSR count). The number of nitriles is 1. The number of amides is 1. The van der Waals surface area contributed by atoms with Gasteiger partial charge in [0, 0.05) is 25.8 Å². The average molecular weight is 362 g/mol. The first-order chi connectivity index (χ1) is 13.3. The van der Waals surface area contributed by atoms with Crippen LogP contribution in [0.25, 0.3) is 0 Å². The molecule has 138 valence electrons. The maximum atomic E-state index is 12.3. The second-order valence-electron chi connectivity index (χ2n) is 6.10. The number of carbonyl (C=O) groups excluding carboxylic acids is 1. The summed E-state index contributed by atoms with van der Waals surface area (Å²) >= 11 is 0. The molecule has 0 radical (unpaired) electrons. The lowest BCUT2D eigenvalue weighted by atomic mass is 10.2. The molecule has 1 aliphatic rings. The molecule has 0 aliphatic carbocycles. The number of nitrogens with zero attached hydrogens (tertiary/aromatic N) is 2. The Bertz CT molecular complexity index is 837. The predicted molar refractivity (Wildman–Crippen MR) is 105 cm³/mol. The Labute approximate surface area is 159 Å². The van der Waals surface area contributed by atoms with Gasteiger partial charge >= 0.3 is 0 Å². The lowest BCUT2D eigenvalue weighted by Gasteiger charge is -2.30. The van der Waals surface area contributed by atoms with E-state index in [2.05, 4.69) is 15.5 Å². The second kappa shape index (κ2) is 9.41. The standard InChI is InChI=1S/C21H22N4O2/c22-14-18(21(26)24-15-17-6-2-1-3-7-17)16-23-19-8-4-5-9-20(19)25-10-12-27-13-11-25/h1-9,16,23H,10-13,15H2,(H,24,26)/b18-16-. The van der Waals surface area contributed by atoms with Crippen LogP contribution < -0.4 is 15.5 Å². The number of nitrogens with one attached hydrogen (secondary N) is 2. The first-order valence-corrected chi connectivity index (χ1v) is 8.88. The molecular weight excluding hydrogens is 340 g/mol. The monoisotopic (exact) mass is 362 g/mol. The summed E-state index contributed by atoms with van der Waals surface area (Å²) in [5.41, 5.74) is 2.89. The van der Waals surface area contributed by atoms with Crippen LogP contribution in [-0.2, 0) is 16.1 Å². The lowest BCUT2D eigenvalue weighted by Crippen LogP contribution is -2.36. The minimum Gasteiger partial charge on any atom is -0.378 e. The third-order valence-corrected chi connectivity index (χ3v) is 4.29. The van der Waals surface area contributed by atoms with Gasteiger partial charge in [-0.2, -0.15) is 5.26 Å². The quantitative estimate of drug-likeness (QED) is 0.610. The summed E-state index contributed by atoms with van der Waals surface area (Å²) in [5.74, 6) is -0.405. The second-order valence-corrected chi connectivity index (χ2v) is 6.10. The van der Waals surface area contributed by atoms with Crippen molar-refractivity contribution in [3.63, 3.8) is 0 Å². The summed E-state index contributed by atoms with van der Waals surface area (Å²) in [6, 6.07) is 19.4. The van der Waals surface area contributed by atoms with Crippen LogP contribution in [0.5, 0.6) is 0 Å². The Morgan fingerprint density at radius 2 is 1.81 bits per heavy atom. The Balaban J connectivity index is 1.66. The van der Waals surface area contributed by atoms with Crippen LogP contribution in [-0.4, -0.2) is 32.2 Å². The summed E-state index contributed by atoms with van der Waals surface area (Å²) in [6.07, 6.45) is 1.46. The molecule has 1 saturated heterocycles. The van der Waals surface area contributed by atoms with Crippen molar-refractivity contribution in [2.75, 3.05) is 36.5 Å². The van der Waals surface area contributed by atoms with E-state index < -0.39 is 5.91 Å². The highest BCUT2D eigenvalue weighted by atomic mass is 16.5. The molecule has 1 heterocycles. The van der Waals surface area contributed by atoms with Gasteiger partial charge in [0.1, 0.15) is 11.6 Å². The Hall–Kier alpha value is -3.30. The van der Waals surface area contributed by atoms with E-state index in [9.17, 15) is 10.1 Å². The normalized spacial score (nSPS) is 14.3. The summed E-state index contributed by atoms with van der Waals surface area (Å²) in [6.45, 7) is 3.38. The van der Waals surface area contributed by atoms with Crippen LogP contribution in [0.15, 0.2) is 66.4 Å². The molecule has 0 unspecified atom stereocenters. The maximum absolute atomic E-state index is 12.3. The number of anilines is 2. The van der Waals surface area contributed by atoms with E-state index in [4.69, 9.17) is 4.74 Å². The third kappa shape index (κ3) is 5.09. The predicted octanol–water partition coefficient (Wildman–Crippen LogP) is 2.66. The van der Waals surface area contributed by atoms with Crippen LogP contribution in [0, 0.1) is 11.3 Å². The molecule has 0 atom stereocenters. The number of para-hydroxylation sites is 2. The van der Waals surface area contributed by atoms with Crippen LogP contribution >= 0.6 is 0 Å². The maximum Gasteiger partial charge on any atom is 0.263 e. The van der Waals surface area contributed by atoms with Crippen molar-refractivity contribution >= 4 is 17.3 Å². The van der Waals surface area contributed by atoms with E-state index in [1.54, 1.807) is 0 Å². The molecule has 1 aliphatic heterocycles. The number of benzene rings is 2. The van der Waals surface area contributed by atoms with Gasteiger partial charge in [-0.05, 0) is 17.7 Å². The largest absolute Gasteiger partial charge is 0.378 e. The molecule has 2 aromatic carbocycles. The Kier molecular flexibility index (Phi) is 6.45. The molecule has 0 spiro atoms. The number of carbonyl (C=O) groups is 1. The summed E-state index contributed by atoms with van der Waals surface area (Å²) < 4.78 is 5.40. The van der Waals surface area contributed by atoms with Crippen molar-refractivity contribution in [3.8, 4) is 6.07 Å². The van der Waals surface area contributed by atoms with Crippen LogP contribution in [0.3, 0.4) is 0 Å². The van der Waals surface area contributed by atoms with E-state index in [0.29, 0.717) is 19.8 Å². The topological polar surface area (TPSA) is 77.4 Å². The minimum absolute atomic E-state index is 0.0303. The molecule has 0 aromatic heterocycles. The lowest BCUT2D eigenvalue weighted by molar-refractivity contribution is -0.117. The van der Waals surface area contributed by atoms with Crippen molar-refractivity contribution < 1.29 is 9.53 Å². The van der Waals surface area contributed by atoms with Crippen LogP contribution in [0.4, 0.5) is 11.4 Å². The van der Waals surface area contributed by atoms with Crippen molar-refractivity contribution in [3.05, 3.63) is 71.9 Å². The van der Waals surface area contributed by atoms with Crippen molar-refractivity contribution in [1.82, 2.24) is 5.32 Å². The van der Waals surface area contributed by atoms with Crippen molar-refractivity contribution in [1.29, 1.82) is 5.26 Å². The van der Waals surface area contributed by atoms with Gasteiger partial charge in [-0.25, -0.2) is 0 Å². The number of ether oxygens (including phenoxy) is 1. The molecule has 6 heteroatoms. The fourth-order valence-corrected chi connectivity index (χ4v) is 2.85. The zero-order valence-electron chi connectivity index (χ0n) is 15.0. The summed E-state index contributed by atoms with van der Waals surface area (Å²) in [5, 5.41) is 15.2. The van der Waals surface area contributed by atoms with Gasteiger partial charge in [0.25, 0.3) is 5.91 Å². The molecule has 6 nitrogen and oxygen atoms in total. The molecule has 0 bridgehead atoms. The van der Waals surface area contributed by atoms with E-state index in [0.717, 1.165) is 30.0 Å². The molecule has 2 aromatic rings. The molecular formula is C21H22N4O2.